The van der Waals surface area contributed by atoms with Gasteiger partial charge in [0.05, 0.1) is 0 Å². The van der Waals surface area contributed by atoms with E-state index >= 15 is 0 Å². The number of hydrogen-bond donors (Lipinski definition) is 1. The molecular weight excluding hydrogens is 316 g/mol. The van der Waals surface area contributed by atoms with Gasteiger partial charge in [-0.3, -0.25) is 4.79 Å². The van der Waals surface area contributed by atoms with Crippen molar-refractivity contribution in [2.24, 2.45) is 0 Å². The second-order valence-corrected chi connectivity index (χ2v) is 6.68. The van der Waals surface area contributed by atoms with E-state index in [1.54, 1.807) is 26.4 Å². The van der Waals surface area contributed by atoms with Gasteiger partial charge in [0.2, 0.25) is 8.38 Å². The predicted molar refractivity (Wildman–Crippen MR) is 89.9 cm³/mol. The largest absolute Gasteiger partial charge is 0.334 e. The zero-order valence-corrected chi connectivity index (χ0v) is 13.6. The number of carbonyl (C=O) groups excluding carboxylic acids is 1. The van der Waals surface area contributed by atoms with Gasteiger partial charge < -0.3 is 14.4 Å². The quantitative estimate of drug-likeness (QED) is 0.688. The number of anilines is 1. The second-order valence-electron chi connectivity index (χ2n) is 4.92. The van der Waals surface area contributed by atoms with Crippen LogP contribution in [0.15, 0.2) is 42.5 Å². The molecule has 1 heterocycles. The summed E-state index contributed by atoms with van der Waals surface area (Å²) in [5.74, 6) is -0.612. The number of amides is 1. The molecule has 4 nitrogen and oxygen atoms in total. The molecule has 0 bridgehead atoms. The number of hydrogen-bond acceptors (Lipinski definition) is 3. The van der Waals surface area contributed by atoms with Crippen LogP contribution in [0, 0.1) is 5.82 Å². The molecule has 118 valence electrons. The van der Waals surface area contributed by atoms with Crippen LogP contribution in [0.4, 0.5) is 10.1 Å². The first kappa shape index (κ1) is 15.8. The molecule has 2 aromatic rings. The normalized spacial score (nSPS) is 15.1. The Labute approximate surface area is 134 Å². The molecule has 3 rings (SSSR count). The molecule has 0 atom stereocenters. The van der Waals surface area contributed by atoms with Crippen molar-refractivity contribution in [3.63, 3.8) is 0 Å². The molecule has 0 unspecified atom stereocenters. The second kappa shape index (κ2) is 6.59. The number of benzene rings is 2. The number of carbonyl (C=O) groups is 1. The van der Waals surface area contributed by atoms with Gasteiger partial charge in [0.15, 0.2) is 0 Å². The van der Waals surface area contributed by atoms with Crippen LogP contribution < -0.4 is 10.6 Å². The van der Waals surface area contributed by atoms with Crippen LogP contribution >= 0.6 is 8.38 Å². The van der Waals surface area contributed by atoms with E-state index in [4.69, 9.17) is 9.05 Å². The highest BCUT2D eigenvalue weighted by atomic mass is 31.2. The predicted octanol–water partition coefficient (Wildman–Crippen LogP) is 3.55. The fourth-order valence-electron chi connectivity index (χ4n) is 2.48. The minimum absolute atomic E-state index is 0.239. The SMILES string of the molecule is COP(OC)c1cccc(/C=C2\C(=O)Nc3ccc(F)cc32)c1. The van der Waals surface area contributed by atoms with Crippen molar-refractivity contribution in [1.82, 2.24) is 0 Å². The Morgan fingerprint density at radius 2 is 1.91 bits per heavy atom. The molecule has 0 saturated carbocycles. The van der Waals surface area contributed by atoms with Crippen molar-refractivity contribution >= 4 is 36.9 Å². The smallest absolute Gasteiger partial charge is 0.256 e. The lowest BCUT2D eigenvalue weighted by Crippen LogP contribution is -2.05. The number of halogens is 1. The Kier molecular flexibility index (Phi) is 4.53. The Morgan fingerprint density at radius 3 is 2.65 bits per heavy atom. The van der Waals surface area contributed by atoms with Crippen LogP contribution in [0.1, 0.15) is 11.1 Å². The summed E-state index contributed by atoms with van der Waals surface area (Å²) < 4.78 is 24.1. The van der Waals surface area contributed by atoms with Gasteiger partial charge in [0.25, 0.3) is 5.91 Å². The van der Waals surface area contributed by atoms with Crippen molar-refractivity contribution in [2.45, 2.75) is 0 Å². The summed E-state index contributed by atoms with van der Waals surface area (Å²) in [5.41, 5.74) is 2.46. The van der Waals surface area contributed by atoms with E-state index in [-0.39, 0.29) is 11.7 Å². The fraction of sp³-hybridized carbons (Fsp3) is 0.118. The molecule has 0 aromatic heterocycles. The van der Waals surface area contributed by atoms with Crippen LogP contribution in [0.2, 0.25) is 0 Å². The summed E-state index contributed by atoms with van der Waals surface area (Å²) in [5, 5.41) is 3.64. The van der Waals surface area contributed by atoms with E-state index in [0.29, 0.717) is 16.8 Å². The van der Waals surface area contributed by atoms with E-state index in [0.717, 1.165) is 10.9 Å². The van der Waals surface area contributed by atoms with E-state index in [1.165, 1.54) is 12.1 Å². The molecule has 1 aliphatic heterocycles. The maximum Gasteiger partial charge on any atom is 0.256 e. The molecule has 0 spiro atoms. The first-order chi connectivity index (χ1) is 11.1. The van der Waals surface area contributed by atoms with Crippen LogP contribution in [0.25, 0.3) is 11.6 Å². The van der Waals surface area contributed by atoms with Gasteiger partial charge in [0.1, 0.15) is 5.82 Å². The molecule has 1 N–H and O–H groups in total. The topological polar surface area (TPSA) is 47.6 Å². The number of nitrogens with one attached hydrogen (secondary N) is 1. The minimum atomic E-state index is -1.14. The Balaban J connectivity index is 2.01. The monoisotopic (exact) mass is 331 g/mol. The van der Waals surface area contributed by atoms with Gasteiger partial charge in [-0.15, -0.1) is 0 Å². The highest BCUT2D eigenvalue weighted by Gasteiger charge is 2.24. The minimum Gasteiger partial charge on any atom is -0.334 e. The lowest BCUT2D eigenvalue weighted by atomic mass is 10.0. The first-order valence-electron chi connectivity index (χ1n) is 6.94. The number of rotatable bonds is 4. The van der Waals surface area contributed by atoms with Gasteiger partial charge in [-0.1, -0.05) is 12.1 Å². The van der Waals surface area contributed by atoms with Crippen molar-refractivity contribution in [3.8, 4) is 0 Å². The van der Waals surface area contributed by atoms with Gasteiger partial charge in [-0.05, 0) is 42.0 Å². The Bertz CT molecular complexity index is 787. The molecule has 1 amide bonds. The highest BCUT2D eigenvalue weighted by molar-refractivity contribution is 7.55. The van der Waals surface area contributed by atoms with Crippen LogP contribution in [-0.2, 0) is 13.8 Å². The van der Waals surface area contributed by atoms with Gasteiger partial charge in [-0.2, -0.15) is 0 Å². The Hall–Kier alpha value is -2.07. The zero-order chi connectivity index (χ0) is 16.4. The molecule has 2 aromatic carbocycles. The molecule has 0 aliphatic carbocycles. The van der Waals surface area contributed by atoms with Gasteiger partial charge in [-0.25, -0.2) is 4.39 Å². The number of fused-ring (bicyclic) bond motifs is 1. The van der Waals surface area contributed by atoms with Crippen molar-refractivity contribution in [2.75, 3.05) is 19.5 Å². The lowest BCUT2D eigenvalue weighted by Gasteiger charge is -2.12. The van der Waals surface area contributed by atoms with E-state index < -0.39 is 8.38 Å². The maximum absolute atomic E-state index is 13.5. The van der Waals surface area contributed by atoms with Gasteiger partial charge >= 0.3 is 0 Å². The summed E-state index contributed by atoms with van der Waals surface area (Å²) in [7, 11) is 2.03. The summed E-state index contributed by atoms with van der Waals surface area (Å²) in [4.78, 5) is 12.1. The highest BCUT2D eigenvalue weighted by Crippen LogP contribution is 2.36. The van der Waals surface area contributed by atoms with Crippen molar-refractivity contribution in [3.05, 3.63) is 59.4 Å². The van der Waals surface area contributed by atoms with Gasteiger partial charge in [0, 0.05) is 36.3 Å². The lowest BCUT2D eigenvalue weighted by molar-refractivity contribution is -0.110. The molecule has 0 fully saturated rings. The zero-order valence-electron chi connectivity index (χ0n) is 12.7. The molecule has 23 heavy (non-hydrogen) atoms. The van der Waals surface area contributed by atoms with Crippen molar-refractivity contribution < 1.29 is 18.2 Å². The molecule has 0 radical (unpaired) electrons. The maximum atomic E-state index is 13.5. The average Bonchev–Trinajstić information content (AvgIpc) is 2.85. The Morgan fingerprint density at radius 1 is 1.13 bits per heavy atom. The molecular formula is C17H15FNO3P. The fourth-order valence-corrected chi connectivity index (χ4v) is 3.52. The summed E-state index contributed by atoms with van der Waals surface area (Å²) in [6.45, 7) is 0. The average molecular weight is 331 g/mol. The van der Waals surface area contributed by atoms with Crippen LogP contribution in [0.5, 0.6) is 0 Å². The molecule has 1 aliphatic rings. The third-order valence-corrected chi connectivity index (χ3v) is 4.85. The molecule has 0 saturated heterocycles. The summed E-state index contributed by atoms with van der Waals surface area (Å²) in [6.07, 6.45) is 1.74. The summed E-state index contributed by atoms with van der Waals surface area (Å²) in [6, 6.07) is 11.8. The molecule has 6 heteroatoms. The third kappa shape index (κ3) is 3.17. The first-order valence-corrected chi connectivity index (χ1v) is 8.11. The summed E-state index contributed by atoms with van der Waals surface area (Å²) >= 11 is 0. The third-order valence-electron chi connectivity index (χ3n) is 3.49. The van der Waals surface area contributed by atoms with E-state index in [1.807, 2.05) is 24.3 Å². The van der Waals surface area contributed by atoms with E-state index in [9.17, 15) is 9.18 Å². The van der Waals surface area contributed by atoms with Crippen LogP contribution in [-0.4, -0.2) is 20.1 Å². The van der Waals surface area contributed by atoms with E-state index in [2.05, 4.69) is 5.32 Å². The van der Waals surface area contributed by atoms with Crippen molar-refractivity contribution in [1.29, 1.82) is 0 Å². The standard InChI is InChI=1S/C17H15FNO3P/c1-21-23(22-2)13-5-3-4-11(8-13)9-15-14-10-12(18)6-7-16(14)19-17(15)20/h3-10H,1-2H3,(H,19,20)/b15-9-. The van der Waals surface area contributed by atoms with Crippen LogP contribution in [0.3, 0.4) is 0 Å².